The van der Waals surface area contributed by atoms with Gasteiger partial charge in [-0.15, -0.1) is 0 Å². The molecule has 0 radical (unpaired) electrons. The van der Waals surface area contributed by atoms with E-state index in [1.165, 1.54) is 0 Å². The number of benzene rings is 1. The van der Waals surface area contributed by atoms with Gasteiger partial charge >= 0.3 is 0 Å². The maximum atomic E-state index is 12.5. The van der Waals surface area contributed by atoms with Crippen molar-refractivity contribution < 1.29 is 9.53 Å². The molecule has 4 rings (SSSR count). The van der Waals surface area contributed by atoms with Gasteiger partial charge in [0.05, 0.1) is 13.7 Å². The molecular formula is C21H28N4O2. The molecule has 1 aliphatic heterocycles. The Morgan fingerprint density at radius 3 is 2.48 bits per heavy atom. The van der Waals surface area contributed by atoms with Crippen molar-refractivity contribution in [3.05, 3.63) is 30.1 Å². The summed E-state index contributed by atoms with van der Waals surface area (Å²) in [6.07, 6.45) is 2.08. The van der Waals surface area contributed by atoms with Gasteiger partial charge in [-0.3, -0.25) is 4.79 Å². The van der Waals surface area contributed by atoms with Crippen LogP contribution in [0.3, 0.4) is 0 Å². The van der Waals surface area contributed by atoms with Crippen molar-refractivity contribution in [3.8, 4) is 17.0 Å². The number of methoxy groups -OCH3 is 1. The molecule has 2 aromatic rings. The van der Waals surface area contributed by atoms with Gasteiger partial charge < -0.3 is 19.5 Å². The van der Waals surface area contributed by atoms with Crippen LogP contribution in [0.15, 0.2) is 24.3 Å². The van der Waals surface area contributed by atoms with Crippen LogP contribution in [-0.4, -0.2) is 39.6 Å². The Labute approximate surface area is 160 Å². The third-order valence-electron chi connectivity index (χ3n) is 5.07. The molecule has 1 fully saturated rings. The topological polar surface area (TPSA) is 59.4 Å². The summed E-state index contributed by atoms with van der Waals surface area (Å²) in [5.74, 6) is 3.35. The van der Waals surface area contributed by atoms with Crippen LogP contribution in [0.4, 0.5) is 5.82 Å². The number of carbonyl (C=O) groups is 1. The van der Waals surface area contributed by atoms with Gasteiger partial charge in [-0.1, -0.05) is 0 Å². The Morgan fingerprint density at radius 1 is 1.19 bits per heavy atom. The highest BCUT2D eigenvalue weighted by molar-refractivity contribution is 5.81. The summed E-state index contributed by atoms with van der Waals surface area (Å²) >= 11 is 0. The lowest BCUT2D eigenvalue weighted by molar-refractivity contribution is -0.134. The molecule has 0 bridgehead atoms. The smallest absolute Gasteiger partial charge is 0.226 e. The summed E-state index contributed by atoms with van der Waals surface area (Å²) in [7, 11) is 1.67. The van der Waals surface area contributed by atoms with E-state index >= 15 is 0 Å². The number of hydrogen-bond acceptors (Lipinski definition) is 4. The number of nitrogens with one attached hydrogen (secondary N) is 1. The molecule has 6 nitrogen and oxygen atoms in total. The van der Waals surface area contributed by atoms with Gasteiger partial charge in [0.25, 0.3) is 0 Å². The zero-order valence-electron chi connectivity index (χ0n) is 16.6. The zero-order chi connectivity index (χ0) is 19.2. The molecule has 1 aromatic carbocycles. The van der Waals surface area contributed by atoms with Crippen molar-refractivity contribution >= 4 is 11.7 Å². The number of imidazole rings is 1. The number of fused-ring (bicyclic) bond motifs is 1. The van der Waals surface area contributed by atoms with Crippen LogP contribution in [0, 0.1) is 5.92 Å². The first-order valence-corrected chi connectivity index (χ1v) is 9.66. The number of carbonyl (C=O) groups excluding carboxylic acids is 1. The van der Waals surface area contributed by atoms with Gasteiger partial charge in [0.15, 0.2) is 0 Å². The highest BCUT2D eigenvalue weighted by atomic mass is 16.5. The summed E-state index contributed by atoms with van der Waals surface area (Å²) in [5, 5.41) is 3.63. The Kier molecular flexibility index (Phi) is 4.36. The molecule has 6 heteroatoms. The minimum Gasteiger partial charge on any atom is -0.497 e. The molecule has 1 amide bonds. The molecule has 144 valence electrons. The van der Waals surface area contributed by atoms with Crippen LogP contribution in [0.1, 0.15) is 39.4 Å². The van der Waals surface area contributed by atoms with Crippen LogP contribution >= 0.6 is 0 Å². The van der Waals surface area contributed by atoms with Crippen molar-refractivity contribution in [2.24, 2.45) is 5.92 Å². The first kappa shape index (κ1) is 17.9. The molecule has 0 spiro atoms. The van der Waals surface area contributed by atoms with Gasteiger partial charge in [0.1, 0.15) is 23.1 Å². The minimum absolute atomic E-state index is 0.0843. The Morgan fingerprint density at radius 2 is 1.89 bits per heavy atom. The number of rotatable bonds is 4. The van der Waals surface area contributed by atoms with Gasteiger partial charge in [0.2, 0.25) is 5.91 Å². The van der Waals surface area contributed by atoms with Crippen molar-refractivity contribution in [2.45, 2.75) is 52.2 Å². The number of anilines is 1. The third-order valence-corrected chi connectivity index (χ3v) is 5.07. The predicted octanol–water partition coefficient (Wildman–Crippen LogP) is 3.52. The van der Waals surface area contributed by atoms with Gasteiger partial charge in [-0.05, 0) is 57.9 Å². The zero-order valence-corrected chi connectivity index (χ0v) is 16.6. The van der Waals surface area contributed by atoms with E-state index < -0.39 is 0 Å². The predicted molar refractivity (Wildman–Crippen MR) is 106 cm³/mol. The fraction of sp³-hybridized carbons (Fsp3) is 0.524. The highest BCUT2D eigenvalue weighted by Crippen LogP contribution is 2.36. The second-order valence-electron chi connectivity index (χ2n) is 8.51. The lowest BCUT2D eigenvalue weighted by Gasteiger charge is -2.30. The summed E-state index contributed by atoms with van der Waals surface area (Å²) in [4.78, 5) is 19.4. The van der Waals surface area contributed by atoms with Gasteiger partial charge in [-0.25, -0.2) is 4.98 Å². The maximum Gasteiger partial charge on any atom is 0.226 e. The molecule has 2 aliphatic rings. The van der Waals surface area contributed by atoms with E-state index in [4.69, 9.17) is 9.72 Å². The lowest BCUT2D eigenvalue weighted by atomic mass is 10.1. The largest absolute Gasteiger partial charge is 0.497 e. The highest BCUT2D eigenvalue weighted by Gasteiger charge is 2.36. The van der Waals surface area contributed by atoms with Crippen LogP contribution in [0.25, 0.3) is 11.3 Å². The van der Waals surface area contributed by atoms with E-state index in [1.54, 1.807) is 7.11 Å². The number of hydrogen-bond donors (Lipinski definition) is 1. The number of aromatic nitrogens is 2. The number of ether oxygens (including phenoxy) is 1. The first-order chi connectivity index (χ1) is 12.9. The normalized spacial score (nSPS) is 16.8. The summed E-state index contributed by atoms with van der Waals surface area (Å²) in [5.41, 5.74) is 1.90. The van der Waals surface area contributed by atoms with E-state index in [1.807, 2.05) is 29.2 Å². The molecule has 1 N–H and O–H groups in total. The van der Waals surface area contributed by atoms with Crippen LogP contribution in [0.2, 0.25) is 0 Å². The minimum atomic E-state index is -0.0843. The fourth-order valence-electron chi connectivity index (χ4n) is 3.54. The second kappa shape index (κ2) is 6.59. The lowest BCUT2D eigenvalue weighted by Crippen LogP contribution is -2.40. The van der Waals surface area contributed by atoms with E-state index in [0.717, 1.165) is 54.6 Å². The number of amides is 1. The van der Waals surface area contributed by atoms with Gasteiger partial charge in [-0.2, -0.15) is 0 Å². The summed E-state index contributed by atoms with van der Waals surface area (Å²) in [6.45, 7) is 8.56. The van der Waals surface area contributed by atoms with Crippen LogP contribution in [-0.2, 0) is 17.9 Å². The molecule has 1 saturated carbocycles. The van der Waals surface area contributed by atoms with Gasteiger partial charge in [0, 0.05) is 30.1 Å². The molecule has 2 heterocycles. The Balaban J connectivity index is 1.70. The molecule has 1 aliphatic carbocycles. The van der Waals surface area contributed by atoms with E-state index in [9.17, 15) is 4.79 Å². The van der Waals surface area contributed by atoms with Crippen LogP contribution in [0.5, 0.6) is 5.75 Å². The standard InChI is InChI=1S/C21H28N4O2/c1-21(2,3)23-19-18(14-7-9-16(27-4)10-8-14)22-17-13-24(11-12-25(17)19)20(26)15-5-6-15/h7-10,15,23H,5-6,11-13H2,1-4H3. The molecule has 0 saturated heterocycles. The summed E-state index contributed by atoms with van der Waals surface area (Å²) in [6, 6.07) is 7.98. The summed E-state index contributed by atoms with van der Waals surface area (Å²) < 4.78 is 7.52. The first-order valence-electron chi connectivity index (χ1n) is 9.66. The third kappa shape index (κ3) is 3.66. The molecule has 1 aromatic heterocycles. The molecule has 0 atom stereocenters. The average Bonchev–Trinajstić information content (AvgIpc) is 3.43. The van der Waals surface area contributed by atoms with E-state index in [-0.39, 0.29) is 11.5 Å². The molecule has 0 unspecified atom stereocenters. The monoisotopic (exact) mass is 368 g/mol. The molecule has 27 heavy (non-hydrogen) atoms. The SMILES string of the molecule is COc1ccc(-c2nc3n(c2NC(C)(C)C)CCN(C(=O)C2CC2)C3)cc1. The fourth-order valence-corrected chi connectivity index (χ4v) is 3.54. The second-order valence-corrected chi connectivity index (χ2v) is 8.51. The van der Waals surface area contributed by atoms with E-state index in [0.29, 0.717) is 12.5 Å². The Hall–Kier alpha value is -2.50. The average molecular weight is 368 g/mol. The van der Waals surface area contributed by atoms with E-state index in [2.05, 4.69) is 30.7 Å². The Bertz CT molecular complexity index is 844. The van der Waals surface area contributed by atoms with Crippen molar-refractivity contribution in [1.29, 1.82) is 0 Å². The van der Waals surface area contributed by atoms with Crippen molar-refractivity contribution in [3.63, 3.8) is 0 Å². The van der Waals surface area contributed by atoms with Crippen molar-refractivity contribution in [1.82, 2.24) is 14.5 Å². The van der Waals surface area contributed by atoms with Crippen molar-refractivity contribution in [2.75, 3.05) is 19.0 Å². The molecular weight excluding hydrogens is 340 g/mol. The maximum absolute atomic E-state index is 12.5. The van der Waals surface area contributed by atoms with Crippen LogP contribution < -0.4 is 10.1 Å². The number of nitrogens with zero attached hydrogens (tertiary/aromatic N) is 3. The quantitative estimate of drug-likeness (QED) is 0.897.